The van der Waals surface area contributed by atoms with Crippen molar-refractivity contribution in [3.63, 3.8) is 0 Å². The molecule has 178 valence electrons. The number of piperidine rings is 1. The van der Waals surface area contributed by atoms with Gasteiger partial charge in [0.1, 0.15) is 0 Å². The summed E-state index contributed by atoms with van der Waals surface area (Å²) in [6, 6.07) is 12.8. The van der Waals surface area contributed by atoms with Gasteiger partial charge in [0.25, 0.3) is 5.91 Å². The first-order valence-corrected chi connectivity index (χ1v) is 12.6. The van der Waals surface area contributed by atoms with Crippen LogP contribution in [-0.2, 0) is 19.6 Å². The summed E-state index contributed by atoms with van der Waals surface area (Å²) in [7, 11) is -2.05. The van der Waals surface area contributed by atoms with Crippen LogP contribution in [0.4, 0.5) is 5.69 Å². The highest BCUT2D eigenvalue weighted by Gasteiger charge is 2.28. The molecule has 33 heavy (non-hydrogen) atoms. The number of nitrogens with zero attached hydrogens (tertiary/aromatic N) is 1. The van der Waals surface area contributed by atoms with Crippen LogP contribution in [0.5, 0.6) is 0 Å². The van der Waals surface area contributed by atoms with E-state index >= 15 is 0 Å². The molecule has 2 amide bonds. The minimum atomic E-state index is -3.61. The van der Waals surface area contributed by atoms with Crippen LogP contribution in [0, 0.1) is 5.92 Å². The largest absolute Gasteiger partial charge is 0.385 e. The minimum absolute atomic E-state index is 0.0712. The van der Waals surface area contributed by atoms with Crippen molar-refractivity contribution in [3.8, 4) is 0 Å². The first-order chi connectivity index (χ1) is 15.8. The molecule has 0 aliphatic carbocycles. The molecular weight excluding hydrogens is 466 g/mol. The number of likely N-dealkylation sites (tertiary alicyclic amines) is 1. The molecule has 1 saturated heterocycles. The van der Waals surface area contributed by atoms with E-state index in [0.29, 0.717) is 55.2 Å². The fourth-order valence-corrected chi connectivity index (χ4v) is 4.79. The van der Waals surface area contributed by atoms with Gasteiger partial charge in [0, 0.05) is 55.5 Å². The lowest BCUT2D eigenvalue weighted by molar-refractivity contribution is -0.121. The van der Waals surface area contributed by atoms with Gasteiger partial charge in [-0.3, -0.25) is 9.59 Å². The number of carbonyl (C=O) groups excluding carboxylic acids is 2. The number of benzene rings is 2. The average molecular weight is 494 g/mol. The van der Waals surface area contributed by atoms with Crippen LogP contribution in [0.1, 0.15) is 29.6 Å². The van der Waals surface area contributed by atoms with Gasteiger partial charge in [-0.2, -0.15) is 0 Å². The van der Waals surface area contributed by atoms with Crippen LogP contribution in [0.15, 0.2) is 53.4 Å². The zero-order valence-corrected chi connectivity index (χ0v) is 20.0. The maximum atomic E-state index is 12.7. The lowest BCUT2D eigenvalue weighted by atomic mass is 9.95. The maximum absolute atomic E-state index is 12.7. The van der Waals surface area contributed by atoms with Gasteiger partial charge in [-0.05, 0) is 67.8 Å². The zero-order chi connectivity index (χ0) is 23.8. The van der Waals surface area contributed by atoms with Crippen LogP contribution >= 0.6 is 11.6 Å². The number of halogens is 1. The van der Waals surface area contributed by atoms with Gasteiger partial charge in [0.15, 0.2) is 0 Å². The van der Waals surface area contributed by atoms with Crippen molar-refractivity contribution < 1.29 is 22.7 Å². The molecule has 0 unspecified atom stereocenters. The third-order valence-electron chi connectivity index (χ3n) is 5.49. The summed E-state index contributed by atoms with van der Waals surface area (Å²) < 4.78 is 32.0. The summed E-state index contributed by atoms with van der Waals surface area (Å²) in [6.45, 7) is 1.74. The fourth-order valence-electron chi connectivity index (χ4n) is 3.59. The summed E-state index contributed by atoms with van der Waals surface area (Å²) in [4.78, 5) is 27.2. The molecule has 2 N–H and O–H groups in total. The van der Waals surface area contributed by atoms with E-state index in [0.717, 1.165) is 0 Å². The molecule has 0 saturated carbocycles. The summed E-state index contributed by atoms with van der Waals surface area (Å²) in [6.07, 6.45) is 1.69. The number of anilines is 1. The van der Waals surface area contributed by atoms with E-state index in [1.54, 1.807) is 48.4 Å². The third-order valence-corrected chi connectivity index (χ3v) is 7.22. The Morgan fingerprint density at radius 1 is 1.06 bits per heavy atom. The number of rotatable bonds is 9. The number of sulfonamides is 1. The zero-order valence-electron chi connectivity index (χ0n) is 18.4. The summed E-state index contributed by atoms with van der Waals surface area (Å²) in [5.41, 5.74) is 1.10. The van der Waals surface area contributed by atoms with Crippen molar-refractivity contribution in [2.24, 2.45) is 5.92 Å². The topological polar surface area (TPSA) is 105 Å². The first-order valence-electron chi connectivity index (χ1n) is 10.7. The molecule has 2 aromatic rings. The van der Waals surface area contributed by atoms with Crippen molar-refractivity contribution in [2.45, 2.75) is 24.2 Å². The SMILES string of the molecule is COCCCNS(=O)(=O)c1ccc(NC(=O)C2CCN(C(=O)c3ccc(Cl)cc3)CC2)cc1. The van der Waals surface area contributed by atoms with E-state index in [4.69, 9.17) is 16.3 Å². The summed E-state index contributed by atoms with van der Waals surface area (Å²) >= 11 is 5.88. The van der Waals surface area contributed by atoms with Gasteiger partial charge in [-0.1, -0.05) is 11.6 Å². The Bertz CT molecular complexity index is 1050. The molecule has 0 aromatic heterocycles. The van der Waals surface area contributed by atoms with Crippen molar-refractivity contribution >= 4 is 39.1 Å². The standard InChI is InChI=1S/C23H28ClN3O5S/c1-32-16-2-13-25-33(30,31)21-9-7-20(8-10-21)26-22(28)17-11-14-27(15-12-17)23(29)18-3-5-19(24)6-4-18/h3-10,17,25H,2,11-16H2,1H3,(H,26,28). The van der Waals surface area contributed by atoms with E-state index in [9.17, 15) is 18.0 Å². The van der Waals surface area contributed by atoms with Crippen LogP contribution in [0.25, 0.3) is 0 Å². The number of amides is 2. The monoisotopic (exact) mass is 493 g/mol. The Morgan fingerprint density at radius 3 is 2.30 bits per heavy atom. The number of hydrogen-bond donors (Lipinski definition) is 2. The maximum Gasteiger partial charge on any atom is 0.253 e. The Hall–Kier alpha value is -2.46. The lowest BCUT2D eigenvalue weighted by Crippen LogP contribution is -2.41. The second-order valence-corrected chi connectivity index (χ2v) is 10.0. The molecule has 3 rings (SSSR count). The van der Waals surface area contributed by atoms with E-state index in [1.165, 1.54) is 12.1 Å². The van der Waals surface area contributed by atoms with Crippen LogP contribution in [-0.4, -0.2) is 58.5 Å². The average Bonchev–Trinajstić information content (AvgIpc) is 2.82. The van der Waals surface area contributed by atoms with Gasteiger partial charge in [-0.15, -0.1) is 0 Å². The highest BCUT2D eigenvalue weighted by Crippen LogP contribution is 2.22. The minimum Gasteiger partial charge on any atom is -0.385 e. The number of methoxy groups -OCH3 is 1. The van der Waals surface area contributed by atoms with Crippen LogP contribution in [0.3, 0.4) is 0 Å². The fraction of sp³-hybridized carbons (Fsp3) is 0.391. The number of carbonyl (C=O) groups is 2. The molecule has 0 radical (unpaired) electrons. The predicted octanol–water partition coefficient (Wildman–Crippen LogP) is 3.15. The summed E-state index contributed by atoms with van der Waals surface area (Å²) in [5.74, 6) is -0.426. The van der Waals surface area contributed by atoms with E-state index in [-0.39, 0.29) is 29.2 Å². The molecule has 10 heteroatoms. The van der Waals surface area contributed by atoms with Gasteiger partial charge in [0.2, 0.25) is 15.9 Å². The molecule has 2 aromatic carbocycles. The normalized spacial score (nSPS) is 14.8. The van der Waals surface area contributed by atoms with Crippen molar-refractivity contribution in [3.05, 3.63) is 59.1 Å². The van der Waals surface area contributed by atoms with E-state index in [1.807, 2.05) is 0 Å². The van der Waals surface area contributed by atoms with Gasteiger partial charge in [0.05, 0.1) is 4.90 Å². The lowest BCUT2D eigenvalue weighted by Gasteiger charge is -2.31. The second kappa shape index (κ2) is 11.6. The molecule has 0 spiro atoms. The predicted molar refractivity (Wildman–Crippen MR) is 127 cm³/mol. The van der Waals surface area contributed by atoms with Crippen molar-refractivity contribution in [2.75, 3.05) is 38.7 Å². The second-order valence-electron chi connectivity index (χ2n) is 7.83. The quantitative estimate of drug-likeness (QED) is 0.522. The number of nitrogens with one attached hydrogen (secondary N) is 2. The van der Waals surface area contributed by atoms with Crippen LogP contribution in [0.2, 0.25) is 5.02 Å². The van der Waals surface area contributed by atoms with Gasteiger partial charge >= 0.3 is 0 Å². The van der Waals surface area contributed by atoms with Gasteiger partial charge in [-0.25, -0.2) is 13.1 Å². The first kappa shape index (κ1) is 25.2. The van der Waals surface area contributed by atoms with Crippen LogP contribution < -0.4 is 10.0 Å². The Morgan fingerprint density at radius 2 is 1.70 bits per heavy atom. The molecule has 0 bridgehead atoms. The van der Waals surface area contributed by atoms with Gasteiger partial charge < -0.3 is 15.0 Å². The molecule has 1 fully saturated rings. The molecular formula is C23H28ClN3O5S. The highest BCUT2D eigenvalue weighted by atomic mass is 35.5. The molecule has 0 atom stereocenters. The van der Waals surface area contributed by atoms with Crippen molar-refractivity contribution in [1.29, 1.82) is 0 Å². The number of hydrogen-bond acceptors (Lipinski definition) is 5. The third kappa shape index (κ3) is 7.01. The summed E-state index contributed by atoms with van der Waals surface area (Å²) in [5, 5.41) is 3.42. The Labute approximate surface area is 199 Å². The smallest absolute Gasteiger partial charge is 0.253 e. The highest BCUT2D eigenvalue weighted by molar-refractivity contribution is 7.89. The molecule has 1 aliphatic heterocycles. The Kier molecular flexibility index (Phi) is 8.85. The number of ether oxygens (including phenoxy) is 1. The molecule has 8 nitrogen and oxygen atoms in total. The Balaban J connectivity index is 1.49. The van der Waals surface area contributed by atoms with Crippen molar-refractivity contribution in [1.82, 2.24) is 9.62 Å². The molecule has 1 aliphatic rings. The van der Waals surface area contributed by atoms with E-state index in [2.05, 4.69) is 10.0 Å². The van der Waals surface area contributed by atoms with E-state index < -0.39 is 10.0 Å². The molecule has 1 heterocycles.